The van der Waals surface area contributed by atoms with E-state index in [1.807, 2.05) is 11.5 Å². The number of hydrogen-bond donors (Lipinski definition) is 1. The van der Waals surface area contributed by atoms with Crippen LogP contribution in [0.2, 0.25) is 0 Å². The molecule has 0 aliphatic heterocycles. The van der Waals surface area contributed by atoms with Gasteiger partial charge in [0.15, 0.2) is 5.16 Å². The second-order valence-corrected chi connectivity index (χ2v) is 6.11. The molecule has 0 bridgehead atoms. The van der Waals surface area contributed by atoms with Crippen LogP contribution in [0.5, 0.6) is 0 Å². The quantitative estimate of drug-likeness (QED) is 0.730. The minimum Gasteiger partial charge on any atom is -0.481 e. The Kier molecular flexibility index (Phi) is 5.22. The number of carboxylic acid groups (broad SMARTS) is 1. The molecule has 7 nitrogen and oxygen atoms in total. The largest absolute Gasteiger partial charge is 0.481 e. The lowest BCUT2D eigenvalue weighted by atomic mass is 10.2. The van der Waals surface area contributed by atoms with Gasteiger partial charge in [0.05, 0.1) is 12.2 Å². The van der Waals surface area contributed by atoms with Crippen LogP contribution in [-0.4, -0.2) is 55.0 Å². The lowest BCUT2D eigenvalue weighted by Crippen LogP contribution is -2.40. The summed E-state index contributed by atoms with van der Waals surface area (Å²) < 4.78 is 2.01. The molecule has 2 rings (SSSR count). The highest BCUT2D eigenvalue weighted by molar-refractivity contribution is 7.99. The number of carboxylic acids is 1. The normalized spacial score (nSPS) is 15.7. The van der Waals surface area contributed by atoms with Crippen LogP contribution in [-0.2, 0) is 9.59 Å². The predicted molar refractivity (Wildman–Crippen MR) is 78.1 cm³/mol. The minimum absolute atomic E-state index is 0.0392. The summed E-state index contributed by atoms with van der Waals surface area (Å²) in [5, 5.41) is 17.5. The molecule has 1 N–H and O–H groups in total. The summed E-state index contributed by atoms with van der Waals surface area (Å²) in [6.45, 7) is 4.11. The molecule has 1 aliphatic carbocycles. The van der Waals surface area contributed by atoms with Crippen molar-refractivity contribution in [1.29, 1.82) is 0 Å². The van der Waals surface area contributed by atoms with Crippen LogP contribution in [0.15, 0.2) is 11.5 Å². The molecule has 0 spiro atoms. The first-order valence-electron chi connectivity index (χ1n) is 7.06. The van der Waals surface area contributed by atoms with Crippen LogP contribution in [0.25, 0.3) is 0 Å². The number of aromatic nitrogens is 3. The number of nitrogens with zero attached hydrogens (tertiary/aromatic N) is 4. The Morgan fingerprint density at radius 1 is 1.57 bits per heavy atom. The molecule has 1 atom stereocenters. The zero-order valence-corrected chi connectivity index (χ0v) is 13.0. The summed E-state index contributed by atoms with van der Waals surface area (Å²) in [5.74, 6) is -0.708. The minimum atomic E-state index is -0.894. The van der Waals surface area contributed by atoms with Crippen molar-refractivity contribution < 1.29 is 14.7 Å². The summed E-state index contributed by atoms with van der Waals surface area (Å²) >= 11 is 1.36. The van der Waals surface area contributed by atoms with E-state index in [0.717, 1.165) is 18.0 Å². The third kappa shape index (κ3) is 4.20. The van der Waals surface area contributed by atoms with Crippen LogP contribution in [0.4, 0.5) is 0 Å². The van der Waals surface area contributed by atoms with E-state index in [1.165, 1.54) is 11.8 Å². The zero-order chi connectivity index (χ0) is 15.4. The Labute approximate surface area is 127 Å². The predicted octanol–water partition coefficient (Wildman–Crippen LogP) is 1.42. The molecule has 116 valence electrons. The summed E-state index contributed by atoms with van der Waals surface area (Å²) in [6, 6.07) is 0.174. The van der Waals surface area contributed by atoms with Gasteiger partial charge in [-0.15, -0.1) is 10.2 Å². The molecule has 1 aliphatic rings. The van der Waals surface area contributed by atoms with Gasteiger partial charge in [0.2, 0.25) is 5.91 Å². The SMILES string of the molecule is CCN(C(=O)CSc1nncn1C1CC1)C(C)CC(=O)O. The van der Waals surface area contributed by atoms with Gasteiger partial charge in [-0.3, -0.25) is 9.59 Å². The van der Waals surface area contributed by atoms with E-state index in [9.17, 15) is 9.59 Å². The molecule has 1 heterocycles. The highest BCUT2D eigenvalue weighted by atomic mass is 32.2. The van der Waals surface area contributed by atoms with E-state index in [4.69, 9.17) is 5.11 Å². The number of aliphatic carboxylic acids is 1. The molecule has 0 saturated heterocycles. The first-order chi connectivity index (χ1) is 10.0. The van der Waals surface area contributed by atoms with Crippen LogP contribution in [0.3, 0.4) is 0 Å². The van der Waals surface area contributed by atoms with Crippen molar-refractivity contribution in [3.63, 3.8) is 0 Å². The first kappa shape index (κ1) is 15.8. The van der Waals surface area contributed by atoms with E-state index >= 15 is 0 Å². The smallest absolute Gasteiger partial charge is 0.305 e. The zero-order valence-electron chi connectivity index (χ0n) is 12.2. The highest BCUT2D eigenvalue weighted by Gasteiger charge is 2.27. The van der Waals surface area contributed by atoms with E-state index in [-0.39, 0.29) is 24.1 Å². The molecule has 1 aromatic heterocycles. The summed E-state index contributed by atoms with van der Waals surface area (Å²) in [7, 11) is 0. The average Bonchev–Trinajstić information content (AvgIpc) is 3.15. The summed E-state index contributed by atoms with van der Waals surface area (Å²) in [4.78, 5) is 24.6. The van der Waals surface area contributed by atoms with Crippen LogP contribution in [0, 0.1) is 0 Å². The van der Waals surface area contributed by atoms with Crippen LogP contribution < -0.4 is 0 Å². The lowest BCUT2D eigenvalue weighted by Gasteiger charge is -2.26. The van der Waals surface area contributed by atoms with Gasteiger partial charge in [-0.2, -0.15) is 0 Å². The van der Waals surface area contributed by atoms with Crippen LogP contribution in [0.1, 0.15) is 39.2 Å². The Bertz CT molecular complexity index is 515. The molecule has 1 fully saturated rings. The van der Waals surface area contributed by atoms with E-state index in [2.05, 4.69) is 10.2 Å². The first-order valence-corrected chi connectivity index (χ1v) is 8.05. The fraction of sp³-hybridized carbons (Fsp3) is 0.692. The molecule has 0 radical (unpaired) electrons. The molecule has 1 unspecified atom stereocenters. The fourth-order valence-corrected chi connectivity index (χ4v) is 3.11. The third-order valence-corrected chi connectivity index (χ3v) is 4.41. The van der Waals surface area contributed by atoms with Gasteiger partial charge < -0.3 is 14.6 Å². The van der Waals surface area contributed by atoms with Crippen molar-refractivity contribution in [2.45, 2.75) is 50.4 Å². The van der Waals surface area contributed by atoms with Crippen molar-refractivity contribution in [1.82, 2.24) is 19.7 Å². The number of carbonyl (C=O) groups excluding carboxylic acids is 1. The Morgan fingerprint density at radius 3 is 2.86 bits per heavy atom. The number of amides is 1. The second kappa shape index (κ2) is 6.93. The Balaban J connectivity index is 1.90. The van der Waals surface area contributed by atoms with Gasteiger partial charge in [-0.1, -0.05) is 11.8 Å². The van der Waals surface area contributed by atoms with E-state index in [1.54, 1.807) is 18.2 Å². The molecular formula is C13H20N4O3S. The molecule has 0 aromatic carbocycles. The van der Waals surface area contributed by atoms with Crippen LogP contribution >= 0.6 is 11.8 Å². The average molecular weight is 312 g/mol. The number of rotatable bonds is 8. The Hall–Kier alpha value is -1.57. The maximum Gasteiger partial charge on any atom is 0.305 e. The monoisotopic (exact) mass is 312 g/mol. The topological polar surface area (TPSA) is 88.3 Å². The Morgan fingerprint density at radius 2 is 2.29 bits per heavy atom. The van der Waals surface area contributed by atoms with Gasteiger partial charge in [0, 0.05) is 18.6 Å². The number of carbonyl (C=O) groups is 2. The van der Waals surface area contributed by atoms with Crippen molar-refractivity contribution in [2.75, 3.05) is 12.3 Å². The lowest BCUT2D eigenvalue weighted by molar-refractivity contribution is -0.139. The number of hydrogen-bond acceptors (Lipinski definition) is 5. The maximum absolute atomic E-state index is 12.2. The van der Waals surface area contributed by atoms with Crippen molar-refractivity contribution in [2.24, 2.45) is 0 Å². The molecule has 1 saturated carbocycles. The maximum atomic E-state index is 12.2. The van der Waals surface area contributed by atoms with Crippen molar-refractivity contribution in [3.8, 4) is 0 Å². The second-order valence-electron chi connectivity index (χ2n) is 5.17. The van der Waals surface area contributed by atoms with Crippen molar-refractivity contribution in [3.05, 3.63) is 6.33 Å². The third-order valence-electron chi connectivity index (χ3n) is 3.47. The molecule has 8 heteroatoms. The standard InChI is InChI=1S/C13H20N4O3S/c1-3-16(9(2)6-12(19)20)11(18)7-21-13-15-14-8-17(13)10-4-5-10/h8-10H,3-7H2,1-2H3,(H,19,20). The van der Waals surface area contributed by atoms with Gasteiger partial charge in [0.1, 0.15) is 6.33 Å². The highest BCUT2D eigenvalue weighted by Crippen LogP contribution is 2.37. The summed E-state index contributed by atoms with van der Waals surface area (Å²) in [6.07, 6.45) is 3.93. The molecule has 21 heavy (non-hydrogen) atoms. The van der Waals surface area contributed by atoms with Gasteiger partial charge in [-0.05, 0) is 26.7 Å². The van der Waals surface area contributed by atoms with Gasteiger partial charge in [0.25, 0.3) is 0 Å². The van der Waals surface area contributed by atoms with Gasteiger partial charge in [-0.25, -0.2) is 0 Å². The van der Waals surface area contributed by atoms with Crippen molar-refractivity contribution >= 4 is 23.6 Å². The fourth-order valence-electron chi connectivity index (χ4n) is 2.24. The van der Waals surface area contributed by atoms with E-state index < -0.39 is 5.97 Å². The molecule has 1 amide bonds. The summed E-state index contributed by atoms with van der Waals surface area (Å²) in [5.41, 5.74) is 0. The molecular weight excluding hydrogens is 292 g/mol. The molecule has 1 aromatic rings. The van der Waals surface area contributed by atoms with E-state index in [0.29, 0.717) is 12.6 Å². The number of thioether (sulfide) groups is 1. The van der Waals surface area contributed by atoms with Gasteiger partial charge >= 0.3 is 5.97 Å².